The van der Waals surface area contributed by atoms with Crippen LogP contribution in [0.2, 0.25) is 0 Å². The lowest BCUT2D eigenvalue weighted by Gasteiger charge is -2.38. The summed E-state index contributed by atoms with van der Waals surface area (Å²) in [5, 5.41) is 10.3. The molecule has 1 aliphatic heterocycles. The molecule has 0 bridgehead atoms. The van der Waals surface area contributed by atoms with Gasteiger partial charge in [-0.2, -0.15) is 0 Å². The second kappa shape index (κ2) is 5.59. The van der Waals surface area contributed by atoms with E-state index in [0.29, 0.717) is 16.0 Å². The van der Waals surface area contributed by atoms with Crippen LogP contribution in [0.15, 0.2) is 0 Å². The van der Waals surface area contributed by atoms with E-state index in [1.165, 1.54) is 17.8 Å². The van der Waals surface area contributed by atoms with Crippen LogP contribution in [0.1, 0.15) is 69.2 Å². The maximum Gasteiger partial charge on any atom is 0.347 e. The topological polar surface area (TPSA) is 53.4 Å². The van der Waals surface area contributed by atoms with Gasteiger partial charge in [-0.3, -0.25) is 0 Å². The molecule has 1 aromatic heterocycles. The molecule has 4 nitrogen and oxygen atoms in total. The van der Waals surface area contributed by atoms with Crippen LogP contribution in [-0.4, -0.2) is 29.1 Å². The lowest BCUT2D eigenvalue weighted by atomic mass is 9.78. The Hall–Kier alpha value is -1.10. The fraction of sp³-hybridized carbons (Fsp3) is 0.750. The number of rotatable bonds is 3. The Kier molecular flexibility index (Phi) is 4.34. The van der Waals surface area contributed by atoms with Crippen molar-refractivity contribution in [2.24, 2.45) is 5.41 Å². The summed E-state index contributed by atoms with van der Waals surface area (Å²) in [6, 6.07) is 0. The van der Waals surface area contributed by atoms with E-state index in [9.17, 15) is 9.90 Å². The number of piperidine rings is 1. The minimum Gasteiger partial charge on any atom is -0.477 e. The van der Waals surface area contributed by atoms with Gasteiger partial charge < -0.3 is 10.0 Å². The molecule has 2 rings (SSSR count). The summed E-state index contributed by atoms with van der Waals surface area (Å²) >= 11 is 1.32. The third-order valence-corrected chi connectivity index (χ3v) is 5.72. The number of carboxylic acids is 1. The number of carboxylic acid groups (broad SMARTS) is 1. The van der Waals surface area contributed by atoms with E-state index in [4.69, 9.17) is 0 Å². The van der Waals surface area contributed by atoms with Crippen LogP contribution in [0.3, 0.4) is 0 Å². The third kappa shape index (κ3) is 3.39. The highest BCUT2D eigenvalue weighted by Crippen LogP contribution is 2.39. The van der Waals surface area contributed by atoms with Crippen LogP contribution in [0.4, 0.5) is 5.13 Å². The summed E-state index contributed by atoms with van der Waals surface area (Å²) in [6.07, 6.45) is 3.50. The van der Waals surface area contributed by atoms with Crippen molar-refractivity contribution in [2.45, 2.75) is 59.3 Å². The first kappa shape index (κ1) is 16.3. The number of aromatic nitrogens is 1. The lowest BCUT2D eigenvalue weighted by molar-refractivity contribution is 0.0699. The fourth-order valence-corrected chi connectivity index (χ4v) is 3.86. The zero-order chi connectivity index (χ0) is 15.8. The molecule has 21 heavy (non-hydrogen) atoms. The number of hydrogen-bond donors (Lipinski definition) is 1. The SMILES string of the molecule is CCC1(C)CCN(c2nc(C(C)(C)C)c(C(=O)O)s2)CC1. The van der Waals surface area contributed by atoms with Crippen molar-refractivity contribution >= 4 is 22.4 Å². The minimum atomic E-state index is -0.862. The van der Waals surface area contributed by atoms with Gasteiger partial charge in [0.2, 0.25) is 0 Å². The van der Waals surface area contributed by atoms with E-state index >= 15 is 0 Å². The number of nitrogens with zero attached hydrogens (tertiary/aromatic N) is 2. The highest BCUT2D eigenvalue weighted by atomic mass is 32.1. The van der Waals surface area contributed by atoms with E-state index in [-0.39, 0.29) is 5.41 Å². The number of anilines is 1. The Morgan fingerprint density at radius 1 is 1.38 bits per heavy atom. The molecule has 1 aromatic rings. The molecule has 0 aromatic carbocycles. The van der Waals surface area contributed by atoms with Gasteiger partial charge in [-0.15, -0.1) is 0 Å². The lowest BCUT2D eigenvalue weighted by Crippen LogP contribution is -2.38. The average Bonchev–Trinajstić information content (AvgIpc) is 2.85. The van der Waals surface area contributed by atoms with E-state index in [1.54, 1.807) is 0 Å². The summed E-state index contributed by atoms with van der Waals surface area (Å²) in [5.41, 5.74) is 0.894. The minimum absolute atomic E-state index is 0.240. The summed E-state index contributed by atoms with van der Waals surface area (Å²) in [6.45, 7) is 12.6. The molecule has 0 unspecified atom stereocenters. The van der Waals surface area contributed by atoms with E-state index in [2.05, 4.69) is 23.7 Å². The molecule has 2 heterocycles. The Morgan fingerprint density at radius 2 is 1.95 bits per heavy atom. The number of carbonyl (C=O) groups is 1. The third-order valence-electron chi connectivity index (χ3n) is 4.62. The molecule has 0 radical (unpaired) electrons. The van der Waals surface area contributed by atoms with Crippen molar-refractivity contribution in [3.8, 4) is 0 Å². The van der Waals surface area contributed by atoms with Crippen molar-refractivity contribution in [1.82, 2.24) is 4.98 Å². The first-order chi connectivity index (χ1) is 9.66. The summed E-state index contributed by atoms with van der Waals surface area (Å²) in [4.78, 5) is 18.8. The van der Waals surface area contributed by atoms with Gasteiger partial charge in [-0.25, -0.2) is 9.78 Å². The van der Waals surface area contributed by atoms with Crippen molar-refractivity contribution in [1.29, 1.82) is 0 Å². The Morgan fingerprint density at radius 3 is 2.33 bits per heavy atom. The molecule has 1 saturated heterocycles. The second-order valence-corrected chi connectivity index (χ2v) is 8.36. The molecule has 1 fully saturated rings. The predicted molar refractivity (Wildman–Crippen MR) is 87.6 cm³/mol. The molecule has 0 spiro atoms. The van der Waals surface area contributed by atoms with E-state index < -0.39 is 5.97 Å². The molecule has 0 saturated carbocycles. The maximum absolute atomic E-state index is 11.5. The largest absolute Gasteiger partial charge is 0.477 e. The normalized spacial score (nSPS) is 18.8. The molecule has 0 atom stereocenters. The van der Waals surface area contributed by atoms with Crippen LogP contribution < -0.4 is 4.90 Å². The van der Waals surface area contributed by atoms with Crippen LogP contribution in [-0.2, 0) is 5.41 Å². The second-order valence-electron chi connectivity index (χ2n) is 7.38. The summed E-state index contributed by atoms with van der Waals surface area (Å²) in [5.74, 6) is -0.862. The number of hydrogen-bond acceptors (Lipinski definition) is 4. The van der Waals surface area contributed by atoms with Gasteiger partial charge >= 0.3 is 5.97 Å². The van der Waals surface area contributed by atoms with Crippen molar-refractivity contribution < 1.29 is 9.90 Å². The maximum atomic E-state index is 11.5. The number of aromatic carboxylic acids is 1. The monoisotopic (exact) mass is 310 g/mol. The first-order valence-corrected chi connectivity index (χ1v) is 8.47. The molecule has 1 N–H and O–H groups in total. The van der Waals surface area contributed by atoms with E-state index in [1.807, 2.05) is 20.8 Å². The van der Waals surface area contributed by atoms with Gasteiger partial charge in [-0.1, -0.05) is 52.4 Å². The molecule has 0 aliphatic carbocycles. The molecular weight excluding hydrogens is 284 g/mol. The molecule has 118 valence electrons. The molecule has 5 heteroatoms. The Bertz CT molecular complexity index is 523. The Labute approximate surface area is 131 Å². The fourth-order valence-electron chi connectivity index (χ4n) is 2.69. The van der Waals surface area contributed by atoms with Gasteiger partial charge in [0.1, 0.15) is 4.88 Å². The molecule has 0 amide bonds. The predicted octanol–water partition coefficient (Wildman–Crippen LogP) is 4.16. The van der Waals surface area contributed by atoms with Crippen LogP contribution in [0.25, 0.3) is 0 Å². The standard InChI is InChI=1S/C16H26N2O2S/c1-6-16(5)7-9-18(10-8-16)14-17-12(15(2,3)4)11(21-14)13(19)20/h6-10H2,1-5H3,(H,19,20). The highest BCUT2D eigenvalue weighted by molar-refractivity contribution is 7.17. The Balaban J connectivity index is 2.24. The van der Waals surface area contributed by atoms with Gasteiger partial charge in [0.05, 0.1) is 5.69 Å². The van der Waals surface area contributed by atoms with Crippen LogP contribution in [0.5, 0.6) is 0 Å². The van der Waals surface area contributed by atoms with Crippen molar-refractivity contribution in [3.63, 3.8) is 0 Å². The van der Waals surface area contributed by atoms with Gasteiger partial charge in [0, 0.05) is 18.5 Å². The van der Waals surface area contributed by atoms with Crippen LogP contribution >= 0.6 is 11.3 Å². The van der Waals surface area contributed by atoms with Crippen LogP contribution in [0, 0.1) is 5.41 Å². The highest BCUT2D eigenvalue weighted by Gasteiger charge is 2.32. The smallest absolute Gasteiger partial charge is 0.347 e. The molecule has 1 aliphatic rings. The van der Waals surface area contributed by atoms with Crippen molar-refractivity contribution in [2.75, 3.05) is 18.0 Å². The average molecular weight is 310 g/mol. The summed E-state index contributed by atoms with van der Waals surface area (Å²) in [7, 11) is 0. The quantitative estimate of drug-likeness (QED) is 0.911. The van der Waals surface area contributed by atoms with Gasteiger partial charge in [0.15, 0.2) is 5.13 Å². The van der Waals surface area contributed by atoms with Crippen molar-refractivity contribution in [3.05, 3.63) is 10.6 Å². The first-order valence-electron chi connectivity index (χ1n) is 7.66. The summed E-state index contributed by atoms with van der Waals surface area (Å²) < 4.78 is 0. The zero-order valence-electron chi connectivity index (χ0n) is 13.7. The molecular formula is C16H26N2O2S. The number of thiazole rings is 1. The van der Waals surface area contributed by atoms with Gasteiger partial charge in [-0.05, 0) is 18.3 Å². The zero-order valence-corrected chi connectivity index (χ0v) is 14.5. The van der Waals surface area contributed by atoms with Gasteiger partial charge in [0.25, 0.3) is 0 Å². The van der Waals surface area contributed by atoms with E-state index in [0.717, 1.165) is 31.1 Å².